The van der Waals surface area contributed by atoms with E-state index in [-0.39, 0.29) is 12.4 Å². The highest BCUT2D eigenvalue weighted by molar-refractivity contribution is 5.85. The first-order valence-corrected chi connectivity index (χ1v) is 7.66. The lowest BCUT2D eigenvalue weighted by atomic mass is 10.1. The molecule has 0 radical (unpaired) electrons. The predicted octanol–water partition coefficient (Wildman–Crippen LogP) is 2.64. The predicted molar refractivity (Wildman–Crippen MR) is 87.7 cm³/mol. The van der Waals surface area contributed by atoms with Crippen molar-refractivity contribution in [2.24, 2.45) is 0 Å². The standard InChI is InChI=1S/C16H22N4O.ClH/c1-2-9-18-14(4-1)12-20(13-15-7-11-21-19-15)16-5-3-8-17-10-6-16;/h1-2,4,7,9,11,16-17H,3,5-6,8,10,12-13H2;1H. The van der Waals surface area contributed by atoms with E-state index in [2.05, 4.69) is 26.4 Å². The van der Waals surface area contributed by atoms with Gasteiger partial charge in [0.15, 0.2) is 0 Å². The summed E-state index contributed by atoms with van der Waals surface area (Å²) in [7, 11) is 0. The van der Waals surface area contributed by atoms with Gasteiger partial charge >= 0.3 is 0 Å². The van der Waals surface area contributed by atoms with E-state index in [1.807, 2.05) is 24.4 Å². The van der Waals surface area contributed by atoms with E-state index < -0.39 is 0 Å². The molecule has 1 aliphatic heterocycles. The van der Waals surface area contributed by atoms with Gasteiger partial charge in [-0.1, -0.05) is 11.2 Å². The Morgan fingerprint density at radius 3 is 2.82 bits per heavy atom. The van der Waals surface area contributed by atoms with Gasteiger partial charge in [0.2, 0.25) is 0 Å². The van der Waals surface area contributed by atoms with E-state index >= 15 is 0 Å². The molecule has 1 saturated heterocycles. The van der Waals surface area contributed by atoms with E-state index in [0.29, 0.717) is 6.04 Å². The molecule has 0 amide bonds. The van der Waals surface area contributed by atoms with Gasteiger partial charge in [-0.3, -0.25) is 9.88 Å². The van der Waals surface area contributed by atoms with Crippen LogP contribution in [0.2, 0.25) is 0 Å². The molecule has 6 heteroatoms. The molecule has 3 rings (SSSR count). The van der Waals surface area contributed by atoms with Crippen molar-refractivity contribution in [2.45, 2.75) is 38.4 Å². The Labute approximate surface area is 137 Å². The SMILES string of the molecule is Cl.c1ccc(CN(Cc2ccon2)C2CCCNCC2)nc1. The third kappa shape index (κ3) is 4.80. The lowest BCUT2D eigenvalue weighted by Crippen LogP contribution is -2.35. The molecule has 1 aliphatic rings. The lowest BCUT2D eigenvalue weighted by molar-refractivity contribution is 0.158. The molecule has 2 aromatic heterocycles. The van der Waals surface area contributed by atoms with Crippen molar-refractivity contribution in [2.75, 3.05) is 13.1 Å². The van der Waals surface area contributed by atoms with Crippen LogP contribution in [0.4, 0.5) is 0 Å². The van der Waals surface area contributed by atoms with E-state index in [1.54, 1.807) is 6.26 Å². The molecule has 0 aromatic carbocycles. The van der Waals surface area contributed by atoms with Crippen LogP contribution in [0.3, 0.4) is 0 Å². The van der Waals surface area contributed by atoms with Crippen molar-refractivity contribution < 1.29 is 4.52 Å². The Morgan fingerprint density at radius 2 is 2.05 bits per heavy atom. The third-order valence-electron chi connectivity index (χ3n) is 4.01. The average molecular weight is 323 g/mol. The van der Waals surface area contributed by atoms with Crippen molar-refractivity contribution in [1.29, 1.82) is 0 Å². The van der Waals surface area contributed by atoms with Gasteiger partial charge < -0.3 is 9.84 Å². The van der Waals surface area contributed by atoms with Crippen molar-refractivity contribution in [3.05, 3.63) is 48.1 Å². The zero-order chi connectivity index (χ0) is 14.3. The van der Waals surface area contributed by atoms with Gasteiger partial charge in [-0.05, 0) is 44.5 Å². The minimum absolute atomic E-state index is 0. The van der Waals surface area contributed by atoms with Gasteiger partial charge in [-0.2, -0.15) is 0 Å². The number of hydrogen-bond donors (Lipinski definition) is 1. The molecule has 0 aliphatic carbocycles. The van der Waals surface area contributed by atoms with Crippen LogP contribution in [-0.2, 0) is 13.1 Å². The van der Waals surface area contributed by atoms with Gasteiger partial charge in [-0.25, -0.2) is 0 Å². The van der Waals surface area contributed by atoms with E-state index in [4.69, 9.17) is 4.52 Å². The number of rotatable bonds is 5. The van der Waals surface area contributed by atoms with Crippen LogP contribution in [-0.4, -0.2) is 34.2 Å². The fourth-order valence-electron chi connectivity index (χ4n) is 2.91. The summed E-state index contributed by atoms with van der Waals surface area (Å²) in [4.78, 5) is 6.94. The number of halogens is 1. The van der Waals surface area contributed by atoms with Crippen LogP contribution >= 0.6 is 12.4 Å². The Hall–Kier alpha value is -1.43. The summed E-state index contributed by atoms with van der Waals surface area (Å²) >= 11 is 0. The molecule has 22 heavy (non-hydrogen) atoms. The van der Waals surface area contributed by atoms with Crippen LogP contribution in [0.5, 0.6) is 0 Å². The highest BCUT2D eigenvalue weighted by Crippen LogP contribution is 2.18. The van der Waals surface area contributed by atoms with Crippen LogP contribution < -0.4 is 5.32 Å². The second-order valence-electron chi connectivity index (χ2n) is 5.55. The molecule has 5 nitrogen and oxygen atoms in total. The van der Waals surface area contributed by atoms with Crippen LogP contribution in [0.15, 0.2) is 41.2 Å². The zero-order valence-corrected chi connectivity index (χ0v) is 13.5. The van der Waals surface area contributed by atoms with E-state index in [0.717, 1.165) is 37.6 Å². The second-order valence-corrected chi connectivity index (χ2v) is 5.55. The lowest BCUT2D eigenvalue weighted by Gasteiger charge is -2.30. The normalized spacial score (nSPS) is 18.7. The molecule has 1 atom stereocenters. The number of aromatic nitrogens is 2. The first-order chi connectivity index (χ1) is 10.4. The molecule has 1 N–H and O–H groups in total. The second kappa shape index (κ2) is 8.88. The number of nitrogens with zero attached hydrogens (tertiary/aromatic N) is 3. The molecule has 0 spiro atoms. The van der Waals surface area contributed by atoms with Crippen LogP contribution in [0, 0.1) is 0 Å². The maximum atomic E-state index is 4.97. The molecule has 0 saturated carbocycles. The van der Waals surface area contributed by atoms with Crippen molar-refractivity contribution >= 4 is 12.4 Å². The van der Waals surface area contributed by atoms with Crippen molar-refractivity contribution in [3.63, 3.8) is 0 Å². The summed E-state index contributed by atoms with van der Waals surface area (Å²) in [5.41, 5.74) is 2.10. The van der Waals surface area contributed by atoms with Crippen molar-refractivity contribution in [1.82, 2.24) is 20.4 Å². The Balaban J connectivity index is 0.00000176. The Kier molecular flexibility index (Phi) is 6.83. The molecule has 1 unspecified atom stereocenters. The van der Waals surface area contributed by atoms with Crippen molar-refractivity contribution in [3.8, 4) is 0 Å². The molecular formula is C16H23ClN4O. The minimum Gasteiger partial charge on any atom is -0.364 e. The maximum absolute atomic E-state index is 4.97. The van der Waals surface area contributed by atoms with Gasteiger partial charge in [0.1, 0.15) is 6.26 Å². The Morgan fingerprint density at radius 1 is 1.14 bits per heavy atom. The number of pyridine rings is 1. The summed E-state index contributed by atoms with van der Waals surface area (Å²) in [5.74, 6) is 0. The monoisotopic (exact) mass is 322 g/mol. The first-order valence-electron chi connectivity index (χ1n) is 7.66. The van der Waals surface area contributed by atoms with Gasteiger partial charge in [0.05, 0.1) is 11.4 Å². The fourth-order valence-corrected chi connectivity index (χ4v) is 2.91. The molecular weight excluding hydrogens is 300 g/mol. The quantitative estimate of drug-likeness (QED) is 0.917. The number of hydrogen-bond acceptors (Lipinski definition) is 5. The molecule has 0 bridgehead atoms. The largest absolute Gasteiger partial charge is 0.364 e. The summed E-state index contributed by atoms with van der Waals surface area (Å²) in [5, 5.41) is 7.54. The summed E-state index contributed by atoms with van der Waals surface area (Å²) in [6.07, 6.45) is 7.12. The topological polar surface area (TPSA) is 54.2 Å². The van der Waals surface area contributed by atoms with Crippen LogP contribution in [0.1, 0.15) is 30.7 Å². The molecule has 3 heterocycles. The molecule has 2 aromatic rings. The third-order valence-corrected chi connectivity index (χ3v) is 4.01. The highest BCUT2D eigenvalue weighted by atomic mass is 35.5. The zero-order valence-electron chi connectivity index (χ0n) is 12.6. The number of nitrogens with one attached hydrogen (secondary N) is 1. The van der Waals surface area contributed by atoms with Gasteiger partial charge in [0.25, 0.3) is 0 Å². The first kappa shape index (κ1) is 16.9. The molecule has 1 fully saturated rings. The smallest absolute Gasteiger partial charge is 0.124 e. The Bertz CT molecular complexity index is 512. The summed E-state index contributed by atoms with van der Waals surface area (Å²) in [6, 6.07) is 8.61. The van der Waals surface area contributed by atoms with E-state index in [9.17, 15) is 0 Å². The highest BCUT2D eigenvalue weighted by Gasteiger charge is 2.21. The summed E-state index contributed by atoms with van der Waals surface area (Å²) < 4.78 is 4.97. The minimum atomic E-state index is 0. The van der Waals surface area contributed by atoms with Gasteiger partial charge in [-0.15, -0.1) is 12.4 Å². The van der Waals surface area contributed by atoms with Gasteiger partial charge in [0, 0.05) is 31.4 Å². The van der Waals surface area contributed by atoms with Crippen LogP contribution in [0.25, 0.3) is 0 Å². The summed E-state index contributed by atoms with van der Waals surface area (Å²) in [6.45, 7) is 3.89. The maximum Gasteiger partial charge on any atom is 0.124 e. The average Bonchev–Trinajstić information content (AvgIpc) is 2.87. The fraction of sp³-hybridized carbons (Fsp3) is 0.500. The van der Waals surface area contributed by atoms with E-state index in [1.165, 1.54) is 19.3 Å². The molecule has 120 valence electrons.